The molecule has 1 aromatic heterocycles. The van der Waals surface area contributed by atoms with E-state index in [2.05, 4.69) is 0 Å². The second kappa shape index (κ2) is 10.0. The molecule has 4 rings (SSSR count). The van der Waals surface area contributed by atoms with Crippen LogP contribution in [0.25, 0.3) is 11.0 Å². The van der Waals surface area contributed by atoms with Crippen LogP contribution in [0.5, 0.6) is 17.2 Å². The Kier molecular flexibility index (Phi) is 7.11. The van der Waals surface area contributed by atoms with Gasteiger partial charge in [0.25, 0.3) is 5.76 Å². The SMILES string of the molecule is Cc1cccc(Oc2c(C(F)(F)F)oc3cc(OC[C@H](O)CN4CCOCC4)ccc3c2=O)c1. The number of rotatable bonds is 7. The first-order valence-corrected chi connectivity index (χ1v) is 10.7. The van der Waals surface area contributed by atoms with Crippen LogP contribution in [0.3, 0.4) is 0 Å². The van der Waals surface area contributed by atoms with Gasteiger partial charge in [0.1, 0.15) is 29.8 Å². The molecule has 1 aliphatic heterocycles. The van der Waals surface area contributed by atoms with E-state index in [1.54, 1.807) is 19.1 Å². The first-order valence-electron chi connectivity index (χ1n) is 10.7. The Morgan fingerprint density at radius 1 is 1.12 bits per heavy atom. The molecule has 1 saturated heterocycles. The number of aliphatic hydroxyl groups is 1. The molecule has 0 radical (unpaired) electrons. The second-order valence-electron chi connectivity index (χ2n) is 8.04. The minimum absolute atomic E-state index is 0.0756. The minimum atomic E-state index is -4.96. The van der Waals surface area contributed by atoms with Gasteiger partial charge >= 0.3 is 6.18 Å². The van der Waals surface area contributed by atoms with Crippen LogP contribution in [0.15, 0.2) is 51.7 Å². The van der Waals surface area contributed by atoms with E-state index in [0.29, 0.717) is 32.8 Å². The zero-order chi connectivity index (χ0) is 24.3. The van der Waals surface area contributed by atoms with E-state index in [0.717, 1.165) is 5.56 Å². The molecule has 1 atom stereocenters. The number of alkyl halides is 3. The Balaban J connectivity index is 1.58. The van der Waals surface area contributed by atoms with Gasteiger partial charge in [-0.25, -0.2) is 0 Å². The van der Waals surface area contributed by atoms with E-state index in [-0.39, 0.29) is 29.1 Å². The predicted octanol–water partition coefficient (Wildman–Crippen LogP) is 3.98. The maximum Gasteiger partial charge on any atom is 0.453 e. The number of nitrogens with zero attached hydrogens (tertiary/aromatic N) is 1. The summed E-state index contributed by atoms with van der Waals surface area (Å²) in [6, 6.07) is 10.3. The van der Waals surface area contributed by atoms with Crippen LogP contribution in [0, 0.1) is 6.92 Å². The fourth-order valence-corrected chi connectivity index (χ4v) is 3.65. The summed E-state index contributed by atoms with van der Waals surface area (Å²) >= 11 is 0. The Bertz CT molecular complexity index is 1200. The number of β-amino-alcohol motifs (C(OH)–C–C–N with tert-alkyl or cyclic N) is 1. The lowest BCUT2D eigenvalue weighted by molar-refractivity contribution is -0.154. The summed E-state index contributed by atoms with van der Waals surface area (Å²) in [5.74, 6) is -2.21. The summed E-state index contributed by atoms with van der Waals surface area (Å²) in [6.07, 6.45) is -5.77. The highest BCUT2D eigenvalue weighted by Gasteiger charge is 2.40. The zero-order valence-electron chi connectivity index (χ0n) is 18.4. The summed E-state index contributed by atoms with van der Waals surface area (Å²) in [4.78, 5) is 14.9. The Morgan fingerprint density at radius 2 is 1.88 bits per heavy atom. The average molecular weight is 479 g/mol. The average Bonchev–Trinajstić information content (AvgIpc) is 2.79. The summed E-state index contributed by atoms with van der Waals surface area (Å²) in [5.41, 5.74) is -0.489. The molecule has 0 spiro atoms. The van der Waals surface area contributed by atoms with Crippen molar-refractivity contribution in [3.63, 3.8) is 0 Å². The van der Waals surface area contributed by atoms with E-state index in [1.807, 2.05) is 4.90 Å². The largest absolute Gasteiger partial charge is 0.491 e. The van der Waals surface area contributed by atoms with Crippen molar-refractivity contribution in [2.24, 2.45) is 0 Å². The molecule has 2 heterocycles. The van der Waals surface area contributed by atoms with Crippen molar-refractivity contribution in [1.82, 2.24) is 4.90 Å². The third-order valence-electron chi connectivity index (χ3n) is 5.30. The highest BCUT2D eigenvalue weighted by molar-refractivity contribution is 5.79. The van der Waals surface area contributed by atoms with Gasteiger partial charge in [0.15, 0.2) is 0 Å². The van der Waals surface area contributed by atoms with Crippen LogP contribution in [-0.2, 0) is 10.9 Å². The number of benzene rings is 2. The lowest BCUT2D eigenvalue weighted by atomic mass is 10.2. The van der Waals surface area contributed by atoms with E-state index in [4.69, 9.17) is 18.6 Å². The molecule has 0 amide bonds. The van der Waals surface area contributed by atoms with Gasteiger partial charge in [-0.05, 0) is 36.8 Å². The molecule has 2 aromatic carbocycles. The highest BCUT2D eigenvalue weighted by atomic mass is 19.4. The third-order valence-corrected chi connectivity index (χ3v) is 5.30. The van der Waals surface area contributed by atoms with Crippen LogP contribution in [0.4, 0.5) is 13.2 Å². The summed E-state index contributed by atoms with van der Waals surface area (Å²) in [5, 5.41) is 10.1. The fraction of sp³-hybridized carbons (Fsp3) is 0.375. The number of morpholine rings is 1. The van der Waals surface area contributed by atoms with Crippen LogP contribution in [0.1, 0.15) is 11.3 Å². The molecule has 0 unspecified atom stereocenters. The topological polar surface area (TPSA) is 81.4 Å². The normalized spacial score (nSPS) is 15.9. The maximum atomic E-state index is 13.7. The molecule has 10 heteroatoms. The highest BCUT2D eigenvalue weighted by Crippen LogP contribution is 2.38. The molecule has 0 saturated carbocycles. The number of aliphatic hydroxyl groups excluding tert-OH is 1. The molecule has 1 fully saturated rings. The van der Waals surface area contributed by atoms with Gasteiger partial charge in [0.2, 0.25) is 11.2 Å². The first kappa shape index (κ1) is 24.1. The van der Waals surface area contributed by atoms with Crippen LogP contribution in [-0.4, -0.2) is 55.6 Å². The Labute approximate surface area is 193 Å². The number of aryl methyl sites for hydroxylation is 1. The van der Waals surface area contributed by atoms with Crippen molar-refractivity contribution in [2.45, 2.75) is 19.2 Å². The molecular formula is C24H24F3NO6. The first-order chi connectivity index (χ1) is 16.2. The van der Waals surface area contributed by atoms with Crippen molar-refractivity contribution in [3.05, 3.63) is 64.0 Å². The van der Waals surface area contributed by atoms with Gasteiger partial charge in [-0.15, -0.1) is 0 Å². The number of fused-ring (bicyclic) bond motifs is 1. The molecule has 0 bridgehead atoms. The van der Waals surface area contributed by atoms with Crippen molar-refractivity contribution in [1.29, 1.82) is 0 Å². The number of hydrogen-bond acceptors (Lipinski definition) is 7. The van der Waals surface area contributed by atoms with Gasteiger partial charge in [-0.2, -0.15) is 13.2 Å². The second-order valence-corrected chi connectivity index (χ2v) is 8.04. The number of ether oxygens (including phenoxy) is 3. The quantitative estimate of drug-likeness (QED) is 0.549. The van der Waals surface area contributed by atoms with Crippen molar-refractivity contribution in [3.8, 4) is 17.2 Å². The van der Waals surface area contributed by atoms with Crippen LogP contribution < -0.4 is 14.9 Å². The monoisotopic (exact) mass is 479 g/mol. The van der Waals surface area contributed by atoms with E-state index < -0.39 is 29.2 Å². The molecule has 182 valence electrons. The van der Waals surface area contributed by atoms with Gasteiger partial charge in [-0.1, -0.05) is 12.1 Å². The van der Waals surface area contributed by atoms with Crippen LogP contribution >= 0.6 is 0 Å². The lowest BCUT2D eigenvalue weighted by Crippen LogP contribution is -2.42. The van der Waals surface area contributed by atoms with E-state index in [1.165, 1.54) is 30.3 Å². The Hall–Kier alpha value is -3.08. The molecule has 1 aliphatic rings. The van der Waals surface area contributed by atoms with Crippen molar-refractivity contribution >= 4 is 11.0 Å². The molecule has 34 heavy (non-hydrogen) atoms. The Morgan fingerprint density at radius 3 is 2.59 bits per heavy atom. The zero-order valence-corrected chi connectivity index (χ0v) is 18.4. The van der Waals surface area contributed by atoms with Gasteiger partial charge in [0.05, 0.1) is 18.6 Å². The van der Waals surface area contributed by atoms with Crippen molar-refractivity contribution in [2.75, 3.05) is 39.5 Å². The third kappa shape index (κ3) is 5.69. The molecule has 7 nitrogen and oxygen atoms in total. The number of halogens is 3. The summed E-state index contributed by atoms with van der Waals surface area (Å²) < 4.78 is 62.4. The van der Waals surface area contributed by atoms with E-state index >= 15 is 0 Å². The maximum absolute atomic E-state index is 13.7. The minimum Gasteiger partial charge on any atom is -0.491 e. The smallest absolute Gasteiger partial charge is 0.453 e. The van der Waals surface area contributed by atoms with Crippen molar-refractivity contribution < 1.29 is 36.9 Å². The molecular weight excluding hydrogens is 455 g/mol. The van der Waals surface area contributed by atoms with Gasteiger partial charge < -0.3 is 23.7 Å². The molecule has 0 aliphatic carbocycles. The lowest BCUT2D eigenvalue weighted by Gasteiger charge is -2.28. The summed E-state index contributed by atoms with van der Waals surface area (Å²) in [6.45, 7) is 4.64. The van der Waals surface area contributed by atoms with Crippen LogP contribution in [0.2, 0.25) is 0 Å². The summed E-state index contributed by atoms with van der Waals surface area (Å²) in [7, 11) is 0. The molecule has 3 aromatic rings. The standard InChI is InChI=1S/C24H24F3NO6/c1-15-3-2-4-18(11-15)33-22-21(30)19-6-5-17(12-20(19)34-23(22)24(25,26)27)32-14-16(29)13-28-7-9-31-10-8-28/h2-6,11-12,16,29H,7-10,13-14H2,1H3/t16-/m1/s1. The number of hydrogen-bond donors (Lipinski definition) is 1. The van der Waals surface area contributed by atoms with Gasteiger partial charge in [0, 0.05) is 25.7 Å². The fourth-order valence-electron chi connectivity index (χ4n) is 3.65. The van der Waals surface area contributed by atoms with E-state index in [9.17, 15) is 23.1 Å². The van der Waals surface area contributed by atoms with Gasteiger partial charge in [-0.3, -0.25) is 9.69 Å². The molecule has 1 N–H and O–H groups in total. The predicted molar refractivity (Wildman–Crippen MR) is 117 cm³/mol.